The highest BCUT2D eigenvalue weighted by molar-refractivity contribution is 6.30. The standard InChI is InChI=1S/C21H25ClNO2.ClHO4/c1-5-24-21(25-6-2)18-16-13-14(22)10-11-15(16)19(20(21,3)4)23-12-8-7-9-17(18)23;2-1(3,4)5/h7-13,18-19H,5-6H2,1-4H3;(H,2,3,4,5)/q+1;/p-1/t18-,19-;/m0./s1. The van der Waals surface area contributed by atoms with Crippen LogP contribution in [0.25, 0.3) is 0 Å². The van der Waals surface area contributed by atoms with Crippen molar-refractivity contribution in [2.45, 2.75) is 45.4 Å². The number of rotatable bonds is 4. The fourth-order valence-corrected chi connectivity index (χ4v) is 5.19. The zero-order valence-corrected chi connectivity index (χ0v) is 18.8. The molecule has 0 radical (unpaired) electrons. The molecule has 0 saturated heterocycles. The molecule has 2 atom stereocenters. The van der Waals surface area contributed by atoms with Crippen LogP contribution >= 0.6 is 11.6 Å². The van der Waals surface area contributed by atoms with E-state index < -0.39 is 16.0 Å². The Kier molecular flexibility index (Phi) is 6.49. The van der Waals surface area contributed by atoms with Gasteiger partial charge in [-0.3, -0.25) is 0 Å². The Balaban J connectivity index is 0.000000461. The first-order valence-electron chi connectivity index (χ1n) is 9.67. The van der Waals surface area contributed by atoms with E-state index in [2.05, 4.69) is 54.9 Å². The highest BCUT2D eigenvalue weighted by Gasteiger charge is 2.70. The molecule has 2 aromatic rings. The molecule has 0 amide bonds. The Bertz CT molecular complexity index is 903. The number of ether oxygens (including phenoxy) is 2. The van der Waals surface area contributed by atoms with Crippen molar-refractivity contribution >= 4 is 11.6 Å². The monoisotopic (exact) mass is 457 g/mol. The average Bonchev–Trinajstić information content (AvgIpc) is 2.63. The number of fused-ring (bicyclic) bond motifs is 1. The van der Waals surface area contributed by atoms with Crippen LogP contribution in [-0.4, -0.2) is 19.0 Å². The second kappa shape index (κ2) is 8.33. The van der Waals surface area contributed by atoms with Crippen molar-refractivity contribution in [1.29, 1.82) is 0 Å². The SMILES string of the molecule is CCOC1(OCC)[C@H]2c3cc(Cl)ccc3[C@H]([n+]3ccccc32)C1(C)C.[O-][Cl+3]([O-])([O-])[O-]. The van der Waals surface area contributed by atoms with Gasteiger partial charge in [0.15, 0.2) is 23.7 Å². The van der Waals surface area contributed by atoms with E-state index in [4.69, 9.17) is 39.7 Å². The van der Waals surface area contributed by atoms with Gasteiger partial charge in [-0.2, -0.15) is 4.57 Å². The van der Waals surface area contributed by atoms with Gasteiger partial charge in [-0.05, 0) is 45.4 Å². The van der Waals surface area contributed by atoms with Crippen LogP contribution < -0.4 is 23.2 Å². The quantitative estimate of drug-likeness (QED) is 0.460. The van der Waals surface area contributed by atoms with Crippen LogP contribution in [0.4, 0.5) is 0 Å². The molecule has 30 heavy (non-hydrogen) atoms. The largest absolute Gasteiger partial charge is 0.348 e. The normalized spacial score (nSPS) is 22.6. The molecule has 7 nitrogen and oxygen atoms in total. The molecule has 0 spiro atoms. The van der Waals surface area contributed by atoms with Crippen LogP contribution in [0, 0.1) is 15.7 Å². The minimum absolute atomic E-state index is 0.0118. The highest BCUT2D eigenvalue weighted by Crippen LogP contribution is 2.62. The molecule has 2 aliphatic heterocycles. The summed E-state index contributed by atoms with van der Waals surface area (Å²) in [5.74, 6) is -0.720. The zero-order valence-electron chi connectivity index (χ0n) is 17.3. The minimum Gasteiger partial charge on any atom is -0.348 e. The lowest BCUT2D eigenvalue weighted by atomic mass is 9.57. The van der Waals surface area contributed by atoms with Crippen molar-refractivity contribution < 1.29 is 42.9 Å². The van der Waals surface area contributed by atoms with E-state index >= 15 is 0 Å². The van der Waals surface area contributed by atoms with Gasteiger partial charge in [-0.1, -0.05) is 23.7 Å². The van der Waals surface area contributed by atoms with Gasteiger partial charge in [-0.15, -0.1) is 10.2 Å². The van der Waals surface area contributed by atoms with E-state index in [0.717, 1.165) is 5.02 Å². The number of hydrogen-bond donors (Lipinski definition) is 0. The van der Waals surface area contributed by atoms with Crippen molar-refractivity contribution in [2.75, 3.05) is 13.2 Å². The van der Waals surface area contributed by atoms with Crippen LogP contribution in [0.1, 0.15) is 56.5 Å². The summed E-state index contributed by atoms with van der Waals surface area (Å²) in [4.78, 5) is 0. The lowest BCUT2D eigenvalue weighted by Gasteiger charge is -2.57. The predicted octanol–water partition coefficient (Wildman–Crippen LogP) is -0.285. The predicted molar refractivity (Wildman–Crippen MR) is 97.8 cm³/mol. The summed E-state index contributed by atoms with van der Waals surface area (Å²) in [6, 6.07) is 12.8. The van der Waals surface area contributed by atoms with Crippen molar-refractivity contribution in [3.05, 3.63) is 64.4 Å². The van der Waals surface area contributed by atoms with E-state index in [0.29, 0.717) is 13.2 Å². The molecule has 5 rings (SSSR count). The van der Waals surface area contributed by atoms with E-state index in [1.165, 1.54) is 16.8 Å². The van der Waals surface area contributed by atoms with E-state index in [1.54, 1.807) is 0 Å². The molecule has 0 unspecified atom stereocenters. The molecule has 1 aromatic heterocycles. The summed E-state index contributed by atoms with van der Waals surface area (Å²) in [6.07, 6.45) is 2.17. The number of benzene rings is 1. The third kappa shape index (κ3) is 3.85. The molecular weight excluding hydrogens is 433 g/mol. The van der Waals surface area contributed by atoms with E-state index in [-0.39, 0.29) is 17.4 Å². The molecular formula is C21H25Cl2NO6. The van der Waals surface area contributed by atoms with Gasteiger partial charge in [0.1, 0.15) is 5.92 Å². The molecule has 164 valence electrons. The molecule has 0 N–H and O–H groups in total. The van der Waals surface area contributed by atoms with E-state index in [1.807, 2.05) is 19.9 Å². The van der Waals surface area contributed by atoms with Gasteiger partial charge in [0.2, 0.25) is 0 Å². The first-order chi connectivity index (χ1) is 14.0. The lowest BCUT2D eigenvalue weighted by Crippen LogP contribution is -2.71. The molecule has 2 bridgehead atoms. The van der Waals surface area contributed by atoms with Crippen molar-refractivity contribution in [3.63, 3.8) is 0 Å². The Morgan fingerprint density at radius 1 is 1.00 bits per heavy atom. The summed E-state index contributed by atoms with van der Waals surface area (Å²) in [5, 5.41) is 0.758. The Morgan fingerprint density at radius 2 is 1.60 bits per heavy atom. The van der Waals surface area contributed by atoms with Gasteiger partial charge in [0.05, 0.1) is 5.41 Å². The van der Waals surface area contributed by atoms with Crippen molar-refractivity contribution in [2.24, 2.45) is 5.41 Å². The summed E-state index contributed by atoms with van der Waals surface area (Å²) in [6.45, 7) is 9.81. The first-order valence-corrected chi connectivity index (χ1v) is 11.3. The zero-order chi connectivity index (χ0) is 22.3. The fraction of sp³-hybridized carbons (Fsp3) is 0.476. The van der Waals surface area contributed by atoms with Gasteiger partial charge in [-0.25, -0.2) is 18.6 Å². The Hall–Kier alpha value is -1.29. The van der Waals surface area contributed by atoms with Crippen LogP contribution in [0.2, 0.25) is 5.02 Å². The highest BCUT2D eigenvalue weighted by atomic mass is 35.7. The first kappa shape index (κ1) is 23.4. The van der Waals surface area contributed by atoms with Gasteiger partial charge in [0.25, 0.3) is 0 Å². The average molecular weight is 458 g/mol. The van der Waals surface area contributed by atoms with Gasteiger partial charge < -0.3 is 9.47 Å². The Labute approximate surface area is 183 Å². The maximum absolute atomic E-state index is 8.49. The maximum Gasteiger partial charge on any atom is 0.196 e. The maximum atomic E-state index is 8.49. The smallest absolute Gasteiger partial charge is 0.196 e. The number of hydrogen-bond acceptors (Lipinski definition) is 6. The number of aromatic nitrogens is 1. The molecule has 1 aliphatic carbocycles. The molecule has 3 aliphatic rings. The second-order valence-corrected chi connectivity index (χ2v) is 8.97. The number of nitrogens with zero attached hydrogens (tertiary/aromatic N) is 1. The minimum atomic E-state index is -4.94. The summed E-state index contributed by atoms with van der Waals surface area (Å²) >= 11 is 6.37. The van der Waals surface area contributed by atoms with Crippen LogP contribution in [0.15, 0.2) is 42.6 Å². The van der Waals surface area contributed by atoms with Crippen molar-refractivity contribution in [1.82, 2.24) is 0 Å². The molecule has 9 heteroatoms. The fourth-order valence-electron chi connectivity index (χ4n) is 5.01. The topological polar surface area (TPSA) is 115 Å². The Morgan fingerprint density at radius 3 is 2.17 bits per heavy atom. The lowest BCUT2D eigenvalue weighted by molar-refractivity contribution is -2.00. The molecule has 0 saturated carbocycles. The summed E-state index contributed by atoms with van der Waals surface area (Å²) in [7, 11) is -4.94. The van der Waals surface area contributed by atoms with Crippen LogP contribution in [0.5, 0.6) is 0 Å². The number of pyridine rings is 1. The van der Waals surface area contributed by atoms with Gasteiger partial charge >= 0.3 is 0 Å². The van der Waals surface area contributed by atoms with E-state index in [9.17, 15) is 0 Å². The van der Waals surface area contributed by atoms with Crippen LogP contribution in [0.3, 0.4) is 0 Å². The third-order valence-electron chi connectivity index (χ3n) is 5.83. The molecule has 0 fully saturated rings. The third-order valence-corrected chi connectivity index (χ3v) is 6.07. The summed E-state index contributed by atoms with van der Waals surface area (Å²) in [5.41, 5.74) is 3.54. The summed E-state index contributed by atoms with van der Waals surface area (Å²) < 4.78 is 49.2. The number of halogens is 2. The second-order valence-electron chi connectivity index (χ2n) is 7.77. The molecule has 3 heterocycles. The van der Waals surface area contributed by atoms with Crippen LogP contribution in [-0.2, 0) is 9.47 Å². The molecule has 1 aromatic carbocycles. The van der Waals surface area contributed by atoms with Gasteiger partial charge in [0, 0.05) is 35.9 Å². The van der Waals surface area contributed by atoms with Crippen molar-refractivity contribution in [3.8, 4) is 0 Å².